The van der Waals surface area contributed by atoms with E-state index in [1.54, 1.807) is 12.1 Å². The molecule has 0 aliphatic carbocycles. The molecule has 130 valence electrons. The number of pyridine rings is 1. The number of benzene rings is 1. The fourth-order valence-corrected chi connectivity index (χ4v) is 2.97. The predicted molar refractivity (Wildman–Crippen MR) is 85.7 cm³/mol. The quantitative estimate of drug-likeness (QED) is 0.868. The summed E-state index contributed by atoms with van der Waals surface area (Å²) in [6.07, 6.45) is 0. The molecule has 0 saturated carbocycles. The Kier molecular flexibility index (Phi) is 3.96. The molecule has 1 aliphatic heterocycles. The van der Waals surface area contributed by atoms with Crippen molar-refractivity contribution in [3.05, 3.63) is 34.6 Å². The highest BCUT2D eigenvalue weighted by Crippen LogP contribution is 2.49. The molecule has 2 N–H and O–H groups in total. The number of carboxylic acid groups (broad SMARTS) is 2. The average Bonchev–Trinajstić information content (AvgIpc) is 3.01. The van der Waals surface area contributed by atoms with Crippen molar-refractivity contribution in [2.75, 3.05) is 13.9 Å². The molecule has 3 rings (SSSR count). The van der Waals surface area contributed by atoms with Gasteiger partial charge in [0, 0.05) is 11.1 Å². The van der Waals surface area contributed by atoms with Crippen molar-refractivity contribution >= 4 is 11.9 Å². The number of rotatable bonds is 4. The van der Waals surface area contributed by atoms with Crippen LogP contribution in [0, 0.1) is 13.8 Å². The zero-order valence-electron chi connectivity index (χ0n) is 13.7. The monoisotopic (exact) mass is 345 g/mol. The molecule has 0 spiro atoms. The number of carboxylic acids is 2. The number of methoxy groups -OCH3 is 1. The number of ether oxygens (including phenoxy) is 3. The van der Waals surface area contributed by atoms with E-state index in [1.165, 1.54) is 21.0 Å². The standard InChI is InChI=1S/C17H15NO7/c1-7-11(16(19)20)13(12(17(21)22)8(2)18-7)9-4-5-10(23-3)15-14(9)24-6-25-15/h4-5H,6H2,1-3H3,(H,19,20)(H,21,22). The van der Waals surface area contributed by atoms with Gasteiger partial charge in [0.05, 0.1) is 29.6 Å². The van der Waals surface area contributed by atoms with Crippen LogP contribution in [-0.4, -0.2) is 41.0 Å². The first kappa shape index (κ1) is 16.6. The van der Waals surface area contributed by atoms with Crippen molar-refractivity contribution < 1.29 is 34.0 Å². The number of aryl methyl sites for hydroxylation is 2. The van der Waals surface area contributed by atoms with Crippen molar-refractivity contribution in [1.82, 2.24) is 4.98 Å². The van der Waals surface area contributed by atoms with Crippen LogP contribution in [-0.2, 0) is 0 Å². The van der Waals surface area contributed by atoms with Gasteiger partial charge in [-0.15, -0.1) is 0 Å². The number of nitrogens with zero attached hydrogens (tertiary/aromatic N) is 1. The minimum absolute atomic E-state index is 0.0365. The van der Waals surface area contributed by atoms with Gasteiger partial charge in [0.15, 0.2) is 11.5 Å². The van der Waals surface area contributed by atoms with E-state index in [4.69, 9.17) is 14.2 Å². The molecule has 0 saturated heterocycles. The van der Waals surface area contributed by atoms with Crippen molar-refractivity contribution in [3.8, 4) is 28.4 Å². The fraction of sp³-hybridized carbons (Fsp3) is 0.235. The summed E-state index contributed by atoms with van der Waals surface area (Å²) >= 11 is 0. The van der Waals surface area contributed by atoms with Crippen LogP contribution in [0.2, 0.25) is 0 Å². The number of hydrogen-bond acceptors (Lipinski definition) is 6. The highest BCUT2D eigenvalue weighted by molar-refractivity contribution is 6.07. The second kappa shape index (κ2) is 5.97. The Labute approximate surface area is 142 Å². The minimum atomic E-state index is -1.27. The number of carbonyl (C=O) groups is 2. The molecule has 0 fully saturated rings. The molecule has 1 aromatic carbocycles. The lowest BCUT2D eigenvalue weighted by molar-refractivity contribution is 0.0695. The summed E-state index contributed by atoms with van der Waals surface area (Å²) in [5, 5.41) is 19.2. The lowest BCUT2D eigenvalue weighted by Crippen LogP contribution is -2.14. The predicted octanol–water partition coefficient (Wildman–Crippen LogP) is 2.50. The number of aromatic nitrogens is 1. The Morgan fingerprint density at radius 2 is 1.60 bits per heavy atom. The van der Waals surface area contributed by atoms with E-state index in [-0.39, 0.29) is 40.6 Å². The lowest BCUT2D eigenvalue weighted by Gasteiger charge is -2.16. The Balaban J connectivity index is 2.44. The third-order valence-electron chi connectivity index (χ3n) is 3.96. The van der Waals surface area contributed by atoms with Crippen LogP contribution in [0.4, 0.5) is 0 Å². The van der Waals surface area contributed by atoms with Crippen molar-refractivity contribution in [1.29, 1.82) is 0 Å². The van der Waals surface area contributed by atoms with E-state index in [0.29, 0.717) is 17.1 Å². The van der Waals surface area contributed by atoms with Gasteiger partial charge >= 0.3 is 11.9 Å². The van der Waals surface area contributed by atoms with E-state index >= 15 is 0 Å². The number of aromatic carboxylic acids is 2. The Morgan fingerprint density at radius 1 is 1.04 bits per heavy atom. The molecule has 2 heterocycles. The van der Waals surface area contributed by atoms with Gasteiger partial charge in [0.1, 0.15) is 0 Å². The average molecular weight is 345 g/mol. The molecule has 25 heavy (non-hydrogen) atoms. The second-order valence-corrected chi connectivity index (χ2v) is 5.40. The maximum Gasteiger partial charge on any atom is 0.338 e. The van der Waals surface area contributed by atoms with Gasteiger partial charge in [0.2, 0.25) is 12.5 Å². The third-order valence-corrected chi connectivity index (χ3v) is 3.96. The first-order valence-corrected chi connectivity index (χ1v) is 7.31. The molecule has 0 bridgehead atoms. The van der Waals surface area contributed by atoms with Crippen molar-refractivity contribution in [3.63, 3.8) is 0 Å². The van der Waals surface area contributed by atoms with Gasteiger partial charge in [-0.25, -0.2) is 9.59 Å². The SMILES string of the molecule is COc1ccc(-c2c(C(=O)O)c(C)nc(C)c2C(=O)O)c2c1OCO2. The van der Waals surface area contributed by atoms with Crippen LogP contribution in [0.15, 0.2) is 12.1 Å². The van der Waals surface area contributed by atoms with Gasteiger partial charge in [-0.1, -0.05) is 0 Å². The molecule has 1 aliphatic rings. The van der Waals surface area contributed by atoms with Crippen LogP contribution in [0.3, 0.4) is 0 Å². The molecule has 2 aromatic rings. The van der Waals surface area contributed by atoms with E-state index in [1.807, 2.05) is 0 Å². The molecule has 0 amide bonds. The van der Waals surface area contributed by atoms with Crippen LogP contribution >= 0.6 is 0 Å². The lowest BCUT2D eigenvalue weighted by atomic mass is 9.91. The van der Waals surface area contributed by atoms with Gasteiger partial charge < -0.3 is 24.4 Å². The van der Waals surface area contributed by atoms with E-state index in [2.05, 4.69) is 4.98 Å². The van der Waals surface area contributed by atoms with E-state index in [0.717, 1.165) is 0 Å². The molecule has 1 aromatic heterocycles. The summed E-state index contributed by atoms with van der Waals surface area (Å²) in [5.41, 5.74) is 0.393. The van der Waals surface area contributed by atoms with Crippen LogP contribution in [0.5, 0.6) is 17.2 Å². The summed E-state index contributed by atoms with van der Waals surface area (Å²) in [5.74, 6) is -1.58. The molecular formula is C17H15NO7. The normalized spacial score (nSPS) is 12.1. The molecule has 0 unspecified atom stereocenters. The van der Waals surface area contributed by atoms with Crippen molar-refractivity contribution in [2.45, 2.75) is 13.8 Å². The molecule has 0 radical (unpaired) electrons. The fourth-order valence-electron chi connectivity index (χ4n) is 2.97. The highest BCUT2D eigenvalue weighted by Gasteiger charge is 2.31. The topological polar surface area (TPSA) is 115 Å². The second-order valence-electron chi connectivity index (χ2n) is 5.40. The molecule has 8 nitrogen and oxygen atoms in total. The Morgan fingerprint density at radius 3 is 2.12 bits per heavy atom. The first-order chi connectivity index (χ1) is 11.9. The summed E-state index contributed by atoms with van der Waals surface area (Å²) in [7, 11) is 1.46. The molecule has 0 atom stereocenters. The zero-order chi connectivity index (χ0) is 18.3. The van der Waals surface area contributed by atoms with E-state index < -0.39 is 11.9 Å². The molecule has 8 heteroatoms. The summed E-state index contributed by atoms with van der Waals surface area (Å²) in [6.45, 7) is 2.97. The van der Waals surface area contributed by atoms with Crippen LogP contribution in [0.25, 0.3) is 11.1 Å². The van der Waals surface area contributed by atoms with Gasteiger partial charge in [0.25, 0.3) is 0 Å². The smallest absolute Gasteiger partial charge is 0.338 e. The third kappa shape index (κ3) is 2.51. The Bertz CT molecular complexity index is 866. The van der Waals surface area contributed by atoms with Gasteiger partial charge in [-0.05, 0) is 26.0 Å². The summed E-state index contributed by atoms with van der Waals surface area (Å²) in [6, 6.07) is 3.13. The van der Waals surface area contributed by atoms with Crippen LogP contribution in [0.1, 0.15) is 32.1 Å². The molecular weight excluding hydrogens is 330 g/mol. The van der Waals surface area contributed by atoms with Gasteiger partial charge in [-0.3, -0.25) is 4.98 Å². The first-order valence-electron chi connectivity index (χ1n) is 7.31. The van der Waals surface area contributed by atoms with Crippen LogP contribution < -0.4 is 14.2 Å². The van der Waals surface area contributed by atoms with Crippen molar-refractivity contribution in [2.24, 2.45) is 0 Å². The highest BCUT2D eigenvalue weighted by atomic mass is 16.7. The van der Waals surface area contributed by atoms with E-state index in [9.17, 15) is 19.8 Å². The van der Waals surface area contributed by atoms with Gasteiger partial charge in [-0.2, -0.15) is 0 Å². The number of hydrogen-bond donors (Lipinski definition) is 2. The summed E-state index contributed by atoms with van der Waals surface area (Å²) in [4.78, 5) is 27.7. The largest absolute Gasteiger partial charge is 0.493 e. The zero-order valence-corrected chi connectivity index (χ0v) is 13.7. The maximum atomic E-state index is 11.8. The Hall–Kier alpha value is -3.29. The maximum absolute atomic E-state index is 11.8. The number of fused-ring (bicyclic) bond motifs is 1. The summed E-state index contributed by atoms with van der Waals surface area (Å²) < 4.78 is 16.1. The minimum Gasteiger partial charge on any atom is -0.493 e.